The molecule has 0 saturated heterocycles. The Hall–Kier alpha value is -0.760. The minimum absolute atomic E-state index is 0.126. The van der Waals surface area contributed by atoms with Crippen molar-refractivity contribution in [2.24, 2.45) is 0 Å². The number of nitrogens with zero attached hydrogens (tertiary/aromatic N) is 1. The van der Waals surface area contributed by atoms with Gasteiger partial charge in [-0.2, -0.15) is 0 Å². The standard InChI is InChI=1S/C12H10Br2N2O2S/c13-11-5-10(19-12(11)14)7-15-6-8-2-1-3-9(4-8)16(17)18/h1-5,15H,6-7H2. The zero-order valence-corrected chi connectivity index (χ0v) is 13.7. The summed E-state index contributed by atoms with van der Waals surface area (Å²) < 4.78 is 2.12. The van der Waals surface area contributed by atoms with E-state index in [9.17, 15) is 10.1 Å². The van der Waals surface area contributed by atoms with Crippen LogP contribution in [0.5, 0.6) is 0 Å². The van der Waals surface area contributed by atoms with Crippen molar-refractivity contribution in [1.82, 2.24) is 5.32 Å². The van der Waals surface area contributed by atoms with Crippen LogP contribution in [-0.4, -0.2) is 4.92 Å². The summed E-state index contributed by atoms with van der Waals surface area (Å²) in [6.45, 7) is 1.34. The molecule has 0 saturated carbocycles. The normalized spacial score (nSPS) is 10.6. The maximum absolute atomic E-state index is 10.7. The average molecular weight is 406 g/mol. The SMILES string of the molecule is O=[N+]([O-])c1cccc(CNCc2cc(Br)c(Br)s2)c1. The first kappa shape index (κ1) is 14.6. The van der Waals surface area contributed by atoms with Crippen LogP contribution < -0.4 is 5.32 Å². The quantitative estimate of drug-likeness (QED) is 0.589. The van der Waals surface area contributed by atoms with Crippen LogP contribution in [0.1, 0.15) is 10.4 Å². The molecule has 100 valence electrons. The van der Waals surface area contributed by atoms with E-state index in [1.54, 1.807) is 23.5 Å². The summed E-state index contributed by atoms with van der Waals surface area (Å²) in [5, 5.41) is 13.9. The van der Waals surface area contributed by atoms with Crippen LogP contribution in [-0.2, 0) is 13.1 Å². The highest BCUT2D eigenvalue weighted by molar-refractivity contribution is 9.13. The first-order chi connectivity index (χ1) is 9.06. The number of benzene rings is 1. The summed E-state index contributed by atoms with van der Waals surface area (Å²) in [6, 6.07) is 8.72. The van der Waals surface area contributed by atoms with Gasteiger partial charge in [0, 0.05) is 34.6 Å². The maximum atomic E-state index is 10.7. The molecule has 0 aliphatic carbocycles. The predicted octanol–water partition coefficient (Wildman–Crippen LogP) is 4.47. The molecule has 0 amide bonds. The summed E-state index contributed by atoms with van der Waals surface area (Å²) in [4.78, 5) is 11.5. The van der Waals surface area contributed by atoms with Crippen LogP contribution in [0.25, 0.3) is 0 Å². The molecule has 0 fully saturated rings. The van der Waals surface area contributed by atoms with Crippen LogP contribution in [0.4, 0.5) is 5.69 Å². The number of thiophene rings is 1. The molecule has 7 heteroatoms. The molecule has 0 atom stereocenters. The number of hydrogen-bond donors (Lipinski definition) is 1. The third kappa shape index (κ3) is 4.10. The highest BCUT2D eigenvalue weighted by Gasteiger charge is 2.06. The Labute approximate surface area is 131 Å². The number of nitrogens with one attached hydrogen (secondary N) is 1. The molecule has 0 aliphatic rings. The van der Waals surface area contributed by atoms with Gasteiger partial charge in [0.15, 0.2) is 0 Å². The van der Waals surface area contributed by atoms with Gasteiger partial charge >= 0.3 is 0 Å². The average Bonchev–Trinajstić information content (AvgIpc) is 2.69. The van der Waals surface area contributed by atoms with E-state index in [-0.39, 0.29) is 10.6 Å². The van der Waals surface area contributed by atoms with Gasteiger partial charge in [-0.3, -0.25) is 10.1 Å². The van der Waals surface area contributed by atoms with Gasteiger partial charge in [-0.1, -0.05) is 12.1 Å². The Kier molecular flexibility index (Phi) is 5.09. The second-order valence-corrected chi connectivity index (χ2v) is 7.17. The van der Waals surface area contributed by atoms with E-state index < -0.39 is 0 Å². The minimum Gasteiger partial charge on any atom is -0.308 e. The predicted molar refractivity (Wildman–Crippen MR) is 83.4 cm³/mol. The van der Waals surface area contributed by atoms with E-state index in [4.69, 9.17) is 0 Å². The molecular weight excluding hydrogens is 396 g/mol. The summed E-state index contributed by atoms with van der Waals surface area (Å²) in [7, 11) is 0. The molecule has 2 rings (SSSR count). The third-order valence-corrected chi connectivity index (χ3v) is 5.70. The smallest absolute Gasteiger partial charge is 0.269 e. The molecule has 1 aromatic heterocycles. The van der Waals surface area contributed by atoms with Crippen molar-refractivity contribution in [3.63, 3.8) is 0 Å². The lowest BCUT2D eigenvalue weighted by molar-refractivity contribution is -0.384. The molecule has 4 nitrogen and oxygen atoms in total. The van der Waals surface area contributed by atoms with Crippen molar-refractivity contribution in [1.29, 1.82) is 0 Å². The van der Waals surface area contributed by atoms with Gasteiger partial charge < -0.3 is 5.32 Å². The molecule has 1 aromatic carbocycles. The van der Waals surface area contributed by atoms with Gasteiger partial charge in [-0.15, -0.1) is 11.3 Å². The van der Waals surface area contributed by atoms with Crippen LogP contribution in [0.15, 0.2) is 38.6 Å². The van der Waals surface area contributed by atoms with Crippen molar-refractivity contribution < 1.29 is 4.92 Å². The molecule has 0 spiro atoms. The second-order valence-electron chi connectivity index (χ2n) is 3.86. The van der Waals surface area contributed by atoms with Gasteiger partial charge in [-0.25, -0.2) is 0 Å². The van der Waals surface area contributed by atoms with Gasteiger partial charge in [-0.05, 0) is 43.5 Å². The van der Waals surface area contributed by atoms with E-state index in [2.05, 4.69) is 43.2 Å². The molecule has 19 heavy (non-hydrogen) atoms. The molecular formula is C12H10Br2N2O2S. The summed E-state index contributed by atoms with van der Waals surface area (Å²) >= 11 is 8.54. The van der Waals surface area contributed by atoms with Crippen LogP contribution >= 0.6 is 43.2 Å². The number of halogens is 2. The van der Waals surface area contributed by atoms with Crippen molar-refractivity contribution in [3.8, 4) is 0 Å². The molecule has 0 aliphatic heterocycles. The molecule has 1 heterocycles. The van der Waals surface area contributed by atoms with Gasteiger partial charge in [0.25, 0.3) is 5.69 Å². The highest BCUT2D eigenvalue weighted by Crippen LogP contribution is 2.32. The fourth-order valence-corrected chi connectivity index (χ4v) is 3.74. The Bertz CT molecular complexity index is 582. The Balaban J connectivity index is 1.92. The van der Waals surface area contributed by atoms with Gasteiger partial charge in [0.1, 0.15) is 0 Å². The monoisotopic (exact) mass is 404 g/mol. The van der Waals surface area contributed by atoms with E-state index in [1.165, 1.54) is 10.9 Å². The molecule has 0 unspecified atom stereocenters. The highest BCUT2D eigenvalue weighted by atomic mass is 79.9. The maximum Gasteiger partial charge on any atom is 0.269 e. The first-order valence-corrected chi connectivity index (χ1v) is 7.84. The topological polar surface area (TPSA) is 55.2 Å². The van der Waals surface area contributed by atoms with E-state index in [1.807, 2.05) is 6.07 Å². The van der Waals surface area contributed by atoms with E-state index in [0.717, 1.165) is 20.4 Å². The molecule has 1 N–H and O–H groups in total. The second kappa shape index (κ2) is 6.60. The van der Waals surface area contributed by atoms with Gasteiger partial charge in [0.05, 0.1) is 8.71 Å². The van der Waals surface area contributed by atoms with Crippen molar-refractivity contribution in [2.45, 2.75) is 13.1 Å². The van der Waals surface area contributed by atoms with Crippen LogP contribution in [0.3, 0.4) is 0 Å². The Morgan fingerprint density at radius 2 is 2.05 bits per heavy atom. The number of hydrogen-bond acceptors (Lipinski definition) is 4. The molecule has 0 radical (unpaired) electrons. The third-order valence-electron chi connectivity index (χ3n) is 2.45. The lowest BCUT2D eigenvalue weighted by Crippen LogP contribution is -2.11. The Morgan fingerprint density at radius 3 is 2.68 bits per heavy atom. The van der Waals surface area contributed by atoms with Gasteiger partial charge in [0.2, 0.25) is 0 Å². The van der Waals surface area contributed by atoms with Crippen molar-refractivity contribution in [3.05, 3.63) is 59.1 Å². The van der Waals surface area contributed by atoms with E-state index in [0.29, 0.717) is 6.54 Å². The fourth-order valence-electron chi connectivity index (χ4n) is 1.59. The lowest BCUT2D eigenvalue weighted by Gasteiger charge is -2.03. The number of nitro groups is 1. The zero-order chi connectivity index (χ0) is 13.8. The van der Waals surface area contributed by atoms with E-state index >= 15 is 0 Å². The molecule has 0 bridgehead atoms. The first-order valence-electron chi connectivity index (χ1n) is 5.44. The molecule has 2 aromatic rings. The number of rotatable bonds is 5. The van der Waals surface area contributed by atoms with Crippen molar-refractivity contribution >= 4 is 48.9 Å². The van der Waals surface area contributed by atoms with Crippen LogP contribution in [0, 0.1) is 10.1 Å². The summed E-state index contributed by atoms with van der Waals surface area (Å²) in [5.41, 5.74) is 1.03. The summed E-state index contributed by atoms with van der Waals surface area (Å²) in [5.74, 6) is 0. The number of nitro benzene ring substituents is 1. The van der Waals surface area contributed by atoms with Crippen molar-refractivity contribution in [2.75, 3.05) is 0 Å². The largest absolute Gasteiger partial charge is 0.308 e. The lowest BCUT2D eigenvalue weighted by atomic mass is 10.2. The Morgan fingerprint density at radius 1 is 1.26 bits per heavy atom. The fraction of sp³-hybridized carbons (Fsp3) is 0.167. The number of non-ortho nitro benzene ring substituents is 1. The zero-order valence-electron chi connectivity index (χ0n) is 9.73. The minimum atomic E-state index is -0.378. The summed E-state index contributed by atoms with van der Waals surface area (Å²) in [6.07, 6.45) is 0. The van der Waals surface area contributed by atoms with Crippen LogP contribution in [0.2, 0.25) is 0 Å².